The van der Waals surface area contributed by atoms with Gasteiger partial charge in [0.15, 0.2) is 16.4 Å². The Hall–Kier alpha value is -3.78. The third kappa shape index (κ3) is 4.37. The molecule has 0 spiro atoms. The van der Waals surface area contributed by atoms with Gasteiger partial charge in [0, 0.05) is 17.3 Å². The zero-order chi connectivity index (χ0) is 25.3. The first-order chi connectivity index (χ1) is 16.7. The number of amides is 1. The maximum absolute atomic E-state index is 14.0. The number of ether oxygens (including phenoxy) is 2. The van der Waals surface area contributed by atoms with Crippen LogP contribution in [-0.2, 0) is 21.4 Å². The number of hydrogen-bond acceptors (Lipinski definition) is 5. The summed E-state index contributed by atoms with van der Waals surface area (Å²) in [4.78, 5) is 13.3. The third-order valence-electron chi connectivity index (χ3n) is 6.16. The first-order valence-electron chi connectivity index (χ1n) is 11.1. The molecule has 1 heterocycles. The Morgan fingerprint density at radius 2 is 1.49 bits per heavy atom. The molecule has 3 aromatic rings. The second-order valence-electron chi connectivity index (χ2n) is 8.40. The van der Waals surface area contributed by atoms with Crippen molar-refractivity contribution >= 4 is 32.9 Å². The van der Waals surface area contributed by atoms with Gasteiger partial charge in [-0.05, 0) is 49.1 Å². The number of carbonyl (C=O) groups excluding carboxylic acids is 1. The minimum Gasteiger partial charge on any atom is -0.493 e. The molecule has 182 valence electrons. The molecule has 1 amide bonds. The first-order valence-corrected chi connectivity index (χ1v) is 12.5. The standard InChI is InChI=1S/C27H28N2O5S/c1-17-10-9-11-18(2)25(17)28-27(30)26-19(3)21-14-23(33-4)24(34-5)15-22(21)29(35(26,31)32)16-20-12-7-6-8-13-20/h6-15H,16H2,1-5H3,(H,28,30). The van der Waals surface area contributed by atoms with E-state index in [9.17, 15) is 13.2 Å². The molecule has 0 radical (unpaired) electrons. The average molecular weight is 493 g/mol. The van der Waals surface area contributed by atoms with E-state index < -0.39 is 15.9 Å². The molecule has 8 heteroatoms. The maximum Gasteiger partial charge on any atom is 0.270 e. The smallest absolute Gasteiger partial charge is 0.270 e. The predicted octanol–water partition coefficient (Wildman–Crippen LogP) is 5.04. The van der Waals surface area contributed by atoms with Crippen molar-refractivity contribution in [3.05, 3.63) is 87.8 Å². The van der Waals surface area contributed by atoms with Gasteiger partial charge in [-0.15, -0.1) is 0 Å². The number of rotatable bonds is 6. The Bertz CT molecular complexity index is 1410. The Balaban J connectivity index is 1.91. The molecular formula is C27H28N2O5S. The van der Waals surface area contributed by atoms with E-state index in [0.29, 0.717) is 34.0 Å². The van der Waals surface area contributed by atoms with Crippen LogP contribution in [0.15, 0.2) is 65.6 Å². The topological polar surface area (TPSA) is 84.9 Å². The molecule has 1 aliphatic rings. The van der Waals surface area contributed by atoms with Crippen molar-refractivity contribution in [1.29, 1.82) is 0 Å². The highest BCUT2D eigenvalue weighted by Gasteiger charge is 2.40. The van der Waals surface area contributed by atoms with Crippen LogP contribution in [0, 0.1) is 13.8 Å². The fraction of sp³-hybridized carbons (Fsp3) is 0.222. The van der Waals surface area contributed by atoms with Gasteiger partial charge in [0.25, 0.3) is 15.9 Å². The molecule has 3 aromatic carbocycles. The zero-order valence-electron chi connectivity index (χ0n) is 20.4. The van der Waals surface area contributed by atoms with E-state index in [1.807, 2.05) is 62.4 Å². The Labute approximate surface area is 206 Å². The summed E-state index contributed by atoms with van der Waals surface area (Å²) in [5.74, 6) is 0.160. The zero-order valence-corrected chi connectivity index (χ0v) is 21.2. The highest BCUT2D eigenvalue weighted by Crippen LogP contribution is 2.45. The minimum atomic E-state index is -4.21. The van der Waals surface area contributed by atoms with E-state index in [-0.39, 0.29) is 11.4 Å². The van der Waals surface area contributed by atoms with Crippen molar-refractivity contribution in [2.45, 2.75) is 27.3 Å². The monoisotopic (exact) mass is 492 g/mol. The quantitative estimate of drug-likeness (QED) is 0.521. The molecule has 35 heavy (non-hydrogen) atoms. The van der Waals surface area contributed by atoms with Gasteiger partial charge in [-0.1, -0.05) is 48.5 Å². The molecule has 0 saturated carbocycles. The summed E-state index contributed by atoms with van der Waals surface area (Å²) >= 11 is 0. The lowest BCUT2D eigenvalue weighted by molar-refractivity contribution is -0.112. The van der Waals surface area contributed by atoms with Crippen LogP contribution in [0.2, 0.25) is 0 Å². The SMILES string of the molecule is COc1cc2c(cc1OC)N(Cc1ccccc1)S(=O)(=O)C(C(=O)Nc1c(C)cccc1C)=C2C. The van der Waals surface area contributed by atoms with Crippen LogP contribution in [0.25, 0.3) is 5.57 Å². The lowest BCUT2D eigenvalue weighted by Crippen LogP contribution is -2.39. The van der Waals surface area contributed by atoms with Crippen LogP contribution in [-0.4, -0.2) is 28.5 Å². The maximum atomic E-state index is 14.0. The number of methoxy groups -OCH3 is 2. The molecule has 0 aliphatic carbocycles. The third-order valence-corrected chi connectivity index (χ3v) is 8.07. The average Bonchev–Trinajstić information content (AvgIpc) is 2.84. The highest BCUT2D eigenvalue weighted by atomic mass is 32.2. The van der Waals surface area contributed by atoms with Crippen molar-refractivity contribution < 1.29 is 22.7 Å². The van der Waals surface area contributed by atoms with E-state index in [0.717, 1.165) is 16.7 Å². The number of nitrogens with one attached hydrogen (secondary N) is 1. The summed E-state index contributed by atoms with van der Waals surface area (Å²) < 4.78 is 40.1. The predicted molar refractivity (Wildman–Crippen MR) is 138 cm³/mol. The Morgan fingerprint density at radius 1 is 0.886 bits per heavy atom. The molecule has 1 N–H and O–H groups in total. The van der Waals surface area contributed by atoms with Crippen LogP contribution >= 0.6 is 0 Å². The van der Waals surface area contributed by atoms with Crippen molar-refractivity contribution in [2.75, 3.05) is 23.8 Å². The number of fused-ring (bicyclic) bond motifs is 1. The summed E-state index contributed by atoms with van der Waals surface area (Å²) in [6.07, 6.45) is 0. The number of carbonyl (C=O) groups is 1. The van der Waals surface area contributed by atoms with Gasteiger partial charge in [0.05, 0.1) is 26.5 Å². The van der Waals surface area contributed by atoms with Gasteiger partial charge >= 0.3 is 0 Å². The normalized spacial score (nSPS) is 14.4. The summed E-state index contributed by atoms with van der Waals surface area (Å²) in [6, 6.07) is 18.2. The summed E-state index contributed by atoms with van der Waals surface area (Å²) in [7, 11) is -1.20. The molecule has 0 saturated heterocycles. The molecule has 0 fully saturated rings. The number of para-hydroxylation sites is 1. The number of benzene rings is 3. The summed E-state index contributed by atoms with van der Waals surface area (Å²) in [6.45, 7) is 5.43. The number of nitrogens with zero attached hydrogens (tertiary/aromatic N) is 1. The molecule has 0 atom stereocenters. The van der Waals surface area contributed by atoms with E-state index >= 15 is 0 Å². The minimum absolute atomic E-state index is 0.0547. The van der Waals surface area contributed by atoms with Crippen LogP contribution in [0.1, 0.15) is 29.2 Å². The van der Waals surface area contributed by atoms with Crippen molar-refractivity contribution in [3.63, 3.8) is 0 Å². The molecule has 0 unspecified atom stereocenters. The number of sulfonamides is 1. The van der Waals surface area contributed by atoms with Crippen molar-refractivity contribution in [3.8, 4) is 11.5 Å². The number of aryl methyl sites for hydroxylation is 2. The highest BCUT2D eigenvalue weighted by molar-refractivity contribution is 7.97. The van der Waals surface area contributed by atoms with Crippen LogP contribution < -0.4 is 19.1 Å². The van der Waals surface area contributed by atoms with Crippen LogP contribution in [0.5, 0.6) is 11.5 Å². The summed E-state index contributed by atoms with van der Waals surface area (Å²) in [5, 5.41) is 2.84. The van der Waals surface area contributed by atoms with Gasteiger partial charge in [-0.2, -0.15) is 0 Å². The number of allylic oxidation sites excluding steroid dienone is 1. The van der Waals surface area contributed by atoms with E-state index in [1.54, 1.807) is 19.1 Å². The van der Waals surface area contributed by atoms with Gasteiger partial charge < -0.3 is 14.8 Å². The Kier molecular flexibility index (Phi) is 6.58. The van der Waals surface area contributed by atoms with Gasteiger partial charge in [-0.25, -0.2) is 8.42 Å². The van der Waals surface area contributed by atoms with Crippen molar-refractivity contribution in [1.82, 2.24) is 0 Å². The lowest BCUT2D eigenvalue weighted by atomic mass is 10.0. The molecule has 0 bridgehead atoms. The number of hydrogen-bond donors (Lipinski definition) is 1. The van der Waals surface area contributed by atoms with Crippen molar-refractivity contribution in [2.24, 2.45) is 0 Å². The van der Waals surface area contributed by atoms with E-state index in [2.05, 4.69) is 5.32 Å². The molecule has 7 nitrogen and oxygen atoms in total. The fourth-order valence-corrected chi connectivity index (χ4v) is 6.05. The second kappa shape index (κ2) is 9.46. The van der Waals surface area contributed by atoms with Crippen LogP contribution in [0.4, 0.5) is 11.4 Å². The fourth-order valence-electron chi connectivity index (χ4n) is 4.32. The molecule has 0 aromatic heterocycles. The number of anilines is 2. The molecule has 1 aliphatic heterocycles. The van der Waals surface area contributed by atoms with Crippen LogP contribution in [0.3, 0.4) is 0 Å². The van der Waals surface area contributed by atoms with E-state index in [4.69, 9.17) is 9.47 Å². The molecule has 4 rings (SSSR count). The largest absolute Gasteiger partial charge is 0.493 e. The lowest BCUT2D eigenvalue weighted by Gasteiger charge is -2.33. The first kappa shape index (κ1) is 24.3. The van der Waals surface area contributed by atoms with Gasteiger partial charge in [0.1, 0.15) is 0 Å². The van der Waals surface area contributed by atoms with Gasteiger partial charge in [0.2, 0.25) is 0 Å². The van der Waals surface area contributed by atoms with Gasteiger partial charge in [-0.3, -0.25) is 9.10 Å². The summed E-state index contributed by atoms with van der Waals surface area (Å²) in [5.41, 5.74) is 4.42. The second-order valence-corrected chi connectivity index (χ2v) is 10.2. The van der Waals surface area contributed by atoms with E-state index in [1.165, 1.54) is 18.5 Å². The Morgan fingerprint density at radius 3 is 2.09 bits per heavy atom. The molecular weight excluding hydrogens is 464 g/mol.